The van der Waals surface area contributed by atoms with Gasteiger partial charge in [0.15, 0.2) is 0 Å². The number of allylic oxidation sites excluding steroid dienone is 2. The van der Waals surface area contributed by atoms with Crippen LogP contribution in [0.3, 0.4) is 0 Å². The summed E-state index contributed by atoms with van der Waals surface area (Å²) in [5.74, 6) is 0. The van der Waals surface area contributed by atoms with E-state index in [4.69, 9.17) is 0 Å². The Bertz CT molecular complexity index is 172. The predicted octanol–water partition coefficient (Wildman–Crippen LogP) is 4.39. The molecule has 0 aromatic rings. The largest absolute Gasteiger partial charge is 0.389 e. The lowest BCUT2D eigenvalue weighted by Gasteiger charge is -2.14. The first-order valence-corrected chi connectivity index (χ1v) is 6.86. The maximum atomic E-state index is 3.57. The molecule has 88 valence electrons. The van der Waals surface area contributed by atoms with E-state index in [9.17, 15) is 0 Å². The molecule has 1 aliphatic rings. The van der Waals surface area contributed by atoms with Crippen molar-refractivity contribution < 1.29 is 0 Å². The highest BCUT2D eigenvalue weighted by Gasteiger charge is 2.01. The predicted molar refractivity (Wildman–Crippen MR) is 67.9 cm³/mol. The molecule has 0 aromatic carbocycles. The minimum absolute atomic E-state index is 1.19. The summed E-state index contributed by atoms with van der Waals surface area (Å²) in [6.45, 7) is 3.47. The maximum Gasteiger partial charge on any atom is 0.0143 e. The van der Waals surface area contributed by atoms with Crippen LogP contribution in [0.4, 0.5) is 0 Å². The van der Waals surface area contributed by atoms with E-state index in [0.717, 1.165) is 0 Å². The average Bonchev–Trinajstić information content (AvgIpc) is 2.29. The Labute approximate surface area is 95.3 Å². The number of hydrogen-bond donors (Lipinski definition) is 1. The van der Waals surface area contributed by atoms with Gasteiger partial charge >= 0.3 is 0 Å². The van der Waals surface area contributed by atoms with Crippen LogP contribution in [0.15, 0.2) is 11.8 Å². The van der Waals surface area contributed by atoms with Gasteiger partial charge in [-0.25, -0.2) is 0 Å². The van der Waals surface area contributed by atoms with Crippen molar-refractivity contribution >= 4 is 0 Å². The summed E-state index contributed by atoms with van der Waals surface area (Å²) in [5.41, 5.74) is 1.51. The minimum Gasteiger partial charge on any atom is -0.389 e. The van der Waals surface area contributed by atoms with E-state index in [2.05, 4.69) is 18.3 Å². The summed E-state index contributed by atoms with van der Waals surface area (Å²) in [6.07, 6.45) is 16.1. The van der Waals surface area contributed by atoms with Crippen LogP contribution in [0.25, 0.3) is 0 Å². The normalized spacial score (nSPS) is 16.2. The van der Waals surface area contributed by atoms with Gasteiger partial charge in [0.05, 0.1) is 0 Å². The quantitative estimate of drug-likeness (QED) is 0.584. The zero-order chi connectivity index (χ0) is 10.8. The summed E-state index contributed by atoms with van der Waals surface area (Å²) in [4.78, 5) is 0. The van der Waals surface area contributed by atoms with E-state index >= 15 is 0 Å². The number of nitrogens with one attached hydrogen (secondary N) is 1. The molecule has 0 radical (unpaired) electrons. The van der Waals surface area contributed by atoms with Crippen molar-refractivity contribution in [2.75, 3.05) is 6.54 Å². The fourth-order valence-corrected chi connectivity index (χ4v) is 2.15. The highest BCUT2D eigenvalue weighted by atomic mass is 14.9. The molecule has 0 saturated heterocycles. The third-order valence-corrected chi connectivity index (χ3v) is 3.17. The molecule has 0 fully saturated rings. The Hall–Kier alpha value is -0.460. The number of rotatable bonds is 8. The van der Waals surface area contributed by atoms with Gasteiger partial charge < -0.3 is 5.32 Å². The molecule has 0 amide bonds. The van der Waals surface area contributed by atoms with Crippen molar-refractivity contribution in [2.24, 2.45) is 0 Å². The second-order valence-electron chi connectivity index (χ2n) is 4.67. The molecule has 0 aromatic heterocycles. The Morgan fingerprint density at radius 3 is 2.60 bits per heavy atom. The van der Waals surface area contributed by atoms with Crippen LogP contribution >= 0.6 is 0 Å². The molecular weight excluding hydrogens is 182 g/mol. The summed E-state index contributed by atoms with van der Waals surface area (Å²) in [5, 5.41) is 3.57. The van der Waals surface area contributed by atoms with E-state index in [0.29, 0.717) is 0 Å². The van der Waals surface area contributed by atoms with Gasteiger partial charge in [-0.1, -0.05) is 45.1 Å². The number of unbranched alkanes of at least 4 members (excludes halogenated alkanes) is 5. The molecular formula is C14H27N. The monoisotopic (exact) mass is 209 g/mol. The van der Waals surface area contributed by atoms with Crippen LogP contribution in [-0.4, -0.2) is 6.54 Å². The van der Waals surface area contributed by atoms with Gasteiger partial charge in [-0.2, -0.15) is 0 Å². The van der Waals surface area contributed by atoms with Crippen molar-refractivity contribution in [2.45, 2.75) is 71.1 Å². The van der Waals surface area contributed by atoms with Crippen LogP contribution < -0.4 is 5.32 Å². The van der Waals surface area contributed by atoms with Gasteiger partial charge in [-0.3, -0.25) is 0 Å². The first-order valence-electron chi connectivity index (χ1n) is 6.86. The fourth-order valence-electron chi connectivity index (χ4n) is 2.15. The van der Waals surface area contributed by atoms with E-state index < -0.39 is 0 Å². The third-order valence-electron chi connectivity index (χ3n) is 3.17. The first-order chi connectivity index (χ1) is 7.43. The molecule has 1 rings (SSSR count). The first kappa shape index (κ1) is 12.6. The maximum absolute atomic E-state index is 3.57. The van der Waals surface area contributed by atoms with Gasteiger partial charge in [0.1, 0.15) is 0 Å². The minimum atomic E-state index is 1.19. The Balaban J connectivity index is 1.86. The van der Waals surface area contributed by atoms with Crippen LogP contribution in [0.2, 0.25) is 0 Å². The van der Waals surface area contributed by atoms with Crippen LogP contribution in [0.5, 0.6) is 0 Å². The van der Waals surface area contributed by atoms with Gasteiger partial charge in [0.25, 0.3) is 0 Å². The molecule has 0 unspecified atom stereocenters. The van der Waals surface area contributed by atoms with Crippen molar-refractivity contribution in [3.05, 3.63) is 11.8 Å². The van der Waals surface area contributed by atoms with Crippen molar-refractivity contribution in [1.82, 2.24) is 5.32 Å². The molecule has 1 nitrogen and oxygen atoms in total. The molecule has 0 saturated carbocycles. The fraction of sp³-hybridized carbons (Fsp3) is 0.857. The molecule has 1 aliphatic carbocycles. The molecule has 1 N–H and O–H groups in total. The van der Waals surface area contributed by atoms with Crippen molar-refractivity contribution in [3.8, 4) is 0 Å². The Morgan fingerprint density at radius 2 is 1.87 bits per heavy atom. The summed E-state index contributed by atoms with van der Waals surface area (Å²) in [7, 11) is 0. The van der Waals surface area contributed by atoms with Crippen LogP contribution in [-0.2, 0) is 0 Å². The lowest BCUT2D eigenvalue weighted by molar-refractivity contribution is 0.576. The number of hydrogen-bond acceptors (Lipinski definition) is 1. The zero-order valence-corrected chi connectivity index (χ0v) is 10.4. The van der Waals surface area contributed by atoms with E-state index in [-0.39, 0.29) is 0 Å². The second kappa shape index (κ2) is 8.82. The van der Waals surface area contributed by atoms with Gasteiger partial charge in [0, 0.05) is 12.2 Å². The van der Waals surface area contributed by atoms with Gasteiger partial charge in [0.2, 0.25) is 0 Å². The van der Waals surface area contributed by atoms with Gasteiger partial charge in [-0.05, 0) is 32.1 Å². The average molecular weight is 209 g/mol. The molecule has 0 aliphatic heterocycles. The second-order valence-corrected chi connectivity index (χ2v) is 4.67. The molecule has 0 heterocycles. The lowest BCUT2D eigenvalue weighted by Crippen LogP contribution is -2.16. The molecule has 15 heavy (non-hydrogen) atoms. The van der Waals surface area contributed by atoms with Crippen molar-refractivity contribution in [3.63, 3.8) is 0 Å². The van der Waals surface area contributed by atoms with Crippen molar-refractivity contribution in [1.29, 1.82) is 0 Å². The van der Waals surface area contributed by atoms with E-state index in [1.807, 2.05) is 0 Å². The summed E-state index contributed by atoms with van der Waals surface area (Å²) in [6, 6.07) is 0. The lowest BCUT2D eigenvalue weighted by atomic mass is 10.0. The Kier molecular flexibility index (Phi) is 7.41. The highest BCUT2D eigenvalue weighted by Crippen LogP contribution is 2.14. The SMILES string of the molecule is CCCCCCCCNC1=CCCCC1. The van der Waals surface area contributed by atoms with Crippen LogP contribution in [0.1, 0.15) is 71.1 Å². The Morgan fingerprint density at radius 1 is 1.07 bits per heavy atom. The molecule has 0 bridgehead atoms. The standard InChI is InChI=1S/C14H27N/c1-2-3-4-5-6-10-13-15-14-11-8-7-9-12-14/h11,15H,2-10,12-13H2,1H3. The molecule has 0 atom stereocenters. The topological polar surface area (TPSA) is 12.0 Å². The molecule has 1 heteroatoms. The summed E-state index contributed by atoms with van der Waals surface area (Å²) >= 11 is 0. The van der Waals surface area contributed by atoms with Gasteiger partial charge in [-0.15, -0.1) is 0 Å². The zero-order valence-electron chi connectivity index (χ0n) is 10.4. The van der Waals surface area contributed by atoms with E-state index in [1.54, 1.807) is 0 Å². The highest BCUT2D eigenvalue weighted by molar-refractivity contribution is 5.02. The van der Waals surface area contributed by atoms with Crippen LogP contribution in [0, 0.1) is 0 Å². The van der Waals surface area contributed by atoms with E-state index in [1.165, 1.54) is 76.5 Å². The molecule has 0 spiro atoms. The smallest absolute Gasteiger partial charge is 0.0143 e. The summed E-state index contributed by atoms with van der Waals surface area (Å²) < 4.78 is 0. The third kappa shape index (κ3) is 6.59.